The molecule has 6 nitrogen and oxygen atoms in total. The van der Waals surface area contributed by atoms with Gasteiger partial charge in [-0.3, -0.25) is 0 Å². The normalized spacial score (nSPS) is 15.8. The van der Waals surface area contributed by atoms with Crippen LogP contribution < -0.4 is 11.1 Å². The molecule has 2 amide bonds. The average Bonchev–Trinajstić information content (AvgIpc) is 2.96. The zero-order valence-electron chi connectivity index (χ0n) is 12.0. The van der Waals surface area contributed by atoms with E-state index in [-0.39, 0.29) is 11.9 Å². The summed E-state index contributed by atoms with van der Waals surface area (Å²) < 4.78 is 4.90. The third-order valence-electron chi connectivity index (χ3n) is 3.86. The Balaban J connectivity index is 1.57. The van der Waals surface area contributed by atoms with Gasteiger partial charge in [0, 0.05) is 25.1 Å². The summed E-state index contributed by atoms with van der Waals surface area (Å²) in [4.78, 5) is 14.1. The maximum atomic E-state index is 12.3. The van der Waals surface area contributed by atoms with Gasteiger partial charge >= 0.3 is 6.03 Å². The second-order valence-electron chi connectivity index (χ2n) is 5.33. The predicted molar refractivity (Wildman–Crippen MR) is 84.9 cm³/mol. The number of nitrogen functional groups attached to an aromatic ring is 1. The maximum absolute atomic E-state index is 12.3. The van der Waals surface area contributed by atoms with Gasteiger partial charge in [0.15, 0.2) is 0 Å². The van der Waals surface area contributed by atoms with Crippen molar-refractivity contribution >= 4 is 29.2 Å². The van der Waals surface area contributed by atoms with E-state index in [1.54, 1.807) is 23.1 Å². The molecule has 3 rings (SSSR count). The lowest BCUT2D eigenvalue weighted by molar-refractivity contribution is 0.193. The Morgan fingerprint density at radius 3 is 2.73 bits per heavy atom. The number of piperidine rings is 1. The molecule has 1 aromatic carbocycles. The topological polar surface area (TPSA) is 84.4 Å². The van der Waals surface area contributed by atoms with Gasteiger partial charge in [-0.15, -0.1) is 0 Å². The van der Waals surface area contributed by atoms with Crippen LogP contribution in [0.3, 0.4) is 0 Å². The largest absolute Gasteiger partial charge is 0.368 e. The van der Waals surface area contributed by atoms with Crippen molar-refractivity contribution in [3.63, 3.8) is 0 Å². The molecule has 2 heterocycles. The zero-order valence-corrected chi connectivity index (χ0v) is 12.7. The van der Waals surface area contributed by atoms with E-state index in [0.717, 1.165) is 18.5 Å². The number of nitrogens with one attached hydrogen (secondary N) is 1. The molecule has 1 fully saturated rings. The number of carbonyl (C=O) groups excluding carboxylic acids is 1. The summed E-state index contributed by atoms with van der Waals surface area (Å²) in [6, 6.07) is 8.81. The first-order valence-corrected chi connectivity index (χ1v) is 7.54. The standard InChI is InChI=1S/C15H17ClN4O2/c16-11-3-1-2-4-12(11)18-15(21)20-7-5-10(6-8-20)13-9-14(17)22-19-13/h1-4,9-10H,5-8,17H2,(H,18,21). The van der Waals surface area contributed by atoms with Crippen LogP contribution in [0.15, 0.2) is 34.9 Å². The Kier molecular flexibility index (Phi) is 4.20. The van der Waals surface area contributed by atoms with E-state index < -0.39 is 0 Å². The van der Waals surface area contributed by atoms with Gasteiger partial charge in [-0.2, -0.15) is 0 Å². The molecule has 3 N–H and O–H groups in total. The quantitative estimate of drug-likeness (QED) is 0.889. The van der Waals surface area contributed by atoms with E-state index in [1.165, 1.54) is 0 Å². The Morgan fingerprint density at radius 1 is 1.36 bits per heavy atom. The van der Waals surface area contributed by atoms with E-state index in [1.807, 2.05) is 12.1 Å². The molecule has 0 saturated carbocycles. The molecule has 1 aliphatic heterocycles. The van der Waals surface area contributed by atoms with Crippen LogP contribution >= 0.6 is 11.6 Å². The third kappa shape index (κ3) is 3.17. The number of aromatic nitrogens is 1. The molecular formula is C15H17ClN4O2. The monoisotopic (exact) mass is 320 g/mol. The van der Waals surface area contributed by atoms with Crippen molar-refractivity contribution in [2.45, 2.75) is 18.8 Å². The van der Waals surface area contributed by atoms with Gasteiger partial charge < -0.3 is 20.5 Å². The van der Waals surface area contributed by atoms with E-state index in [2.05, 4.69) is 10.5 Å². The molecule has 0 bridgehead atoms. The summed E-state index contributed by atoms with van der Waals surface area (Å²) in [7, 11) is 0. The smallest absolute Gasteiger partial charge is 0.321 e. The van der Waals surface area contributed by atoms with Gasteiger partial charge in [0.25, 0.3) is 0 Å². The molecule has 0 spiro atoms. The summed E-state index contributed by atoms with van der Waals surface area (Å²) in [6.45, 7) is 1.32. The third-order valence-corrected chi connectivity index (χ3v) is 4.19. The maximum Gasteiger partial charge on any atom is 0.321 e. The van der Waals surface area contributed by atoms with Crippen molar-refractivity contribution in [2.75, 3.05) is 24.1 Å². The molecule has 1 aliphatic rings. The number of hydrogen-bond donors (Lipinski definition) is 2. The highest BCUT2D eigenvalue weighted by molar-refractivity contribution is 6.33. The van der Waals surface area contributed by atoms with Crippen molar-refractivity contribution < 1.29 is 9.32 Å². The number of benzene rings is 1. The fraction of sp³-hybridized carbons (Fsp3) is 0.333. The minimum Gasteiger partial charge on any atom is -0.368 e. The SMILES string of the molecule is Nc1cc(C2CCN(C(=O)Nc3ccccc3Cl)CC2)no1. The van der Waals surface area contributed by atoms with Crippen LogP contribution in [0.4, 0.5) is 16.4 Å². The van der Waals surface area contributed by atoms with Crippen LogP contribution in [-0.2, 0) is 0 Å². The van der Waals surface area contributed by atoms with Crippen molar-refractivity contribution in [1.82, 2.24) is 10.1 Å². The second kappa shape index (κ2) is 6.27. The van der Waals surface area contributed by atoms with Gasteiger partial charge in [-0.25, -0.2) is 4.79 Å². The van der Waals surface area contributed by atoms with Crippen LogP contribution in [0.2, 0.25) is 5.02 Å². The van der Waals surface area contributed by atoms with E-state index in [4.69, 9.17) is 21.9 Å². The second-order valence-corrected chi connectivity index (χ2v) is 5.73. The molecular weight excluding hydrogens is 304 g/mol. The molecule has 0 unspecified atom stereocenters. The number of urea groups is 1. The van der Waals surface area contributed by atoms with Crippen LogP contribution in [0, 0.1) is 0 Å². The van der Waals surface area contributed by atoms with Crippen LogP contribution in [0.5, 0.6) is 0 Å². The molecule has 1 aromatic heterocycles. The Labute approximate surface area is 133 Å². The number of halogens is 1. The molecule has 116 valence electrons. The summed E-state index contributed by atoms with van der Waals surface area (Å²) >= 11 is 6.05. The Hall–Kier alpha value is -2.21. The highest BCUT2D eigenvalue weighted by Crippen LogP contribution is 2.29. The number of para-hydroxylation sites is 1. The fourth-order valence-electron chi connectivity index (χ4n) is 2.63. The fourth-order valence-corrected chi connectivity index (χ4v) is 2.81. The van der Waals surface area contributed by atoms with Gasteiger partial charge in [0.1, 0.15) is 0 Å². The van der Waals surface area contributed by atoms with Crippen LogP contribution in [-0.4, -0.2) is 29.2 Å². The molecule has 1 saturated heterocycles. The van der Waals surface area contributed by atoms with E-state index >= 15 is 0 Å². The highest BCUT2D eigenvalue weighted by Gasteiger charge is 2.26. The van der Waals surface area contributed by atoms with Crippen LogP contribution in [0.25, 0.3) is 0 Å². The summed E-state index contributed by atoms with van der Waals surface area (Å²) in [5, 5.41) is 7.32. The Morgan fingerprint density at radius 2 is 2.09 bits per heavy atom. The molecule has 0 aliphatic carbocycles. The van der Waals surface area contributed by atoms with Crippen molar-refractivity contribution in [3.8, 4) is 0 Å². The number of carbonyl (C=O) groups is 1. The number of nitrogens with two attached hydrogens (primary N) is 1. The number of amides is 2. The molecule has 7 heteroatoms. The lowest BCUT2D eigenvalue weighted by Crippen LogP contribution is -2.40. The first kappa shape index (κ1) is 14.7. The average molecular weight is 321 g/mol. The van der Waals surface area contributed by atoms with Crippen molar-refractivity contribution in [2.24, 2.45) is 0 Å². The van der Waals surface area contributed by atoms with Crippen molar-refractivity contribution in [1.29, 1.82) is 0 Å². The Bertz CT molecular complexity index is 665. The minimum atomic E-state index is -0.133. The van der Waals surface area contributed by atoms with E-state index in [0.29, 0.717) is 29.7 Å². The lowest BCUT2D eigenvalue weighted by atomic mass is 9.94. The van der Waals surface area contributed by atoms with E-state index in [9.17, 15) is 4.79 Å². The summed E-state index contributed by atoms with van der Waals surface area (Å²) in [5.41, 5.74) is 7.03. The molecule has 0 atom stereocenters. The number of nitrogens with zero attached hydrogens (tertiary/aromatic N) is 2. The van der Waals surface area contributed by atoms with Gasteiger partial charge in [0.05, 0.1) is 16.4 Å². The predicted octanol–water partition coefficient (Wildman–Crippen LogP) is 3.32. The number of rotatable bonds is 2. The minimum absolute atomic E-state index is 0.133. The summed E-state index contributed by atoms with van der Waals surface area (Å²) in [5.74, 6) is 0.610. The molecule has 0 radical (unpaired) electrons. The first-order chi connectivity index (χ1) is 10.6. The van der Waals surface area contributed by atoms with Crippen molar-refractivity contribution in [3.05, 3.63) is 41.0 Å². The zero-order chi connectivity index (χ0) is 15.5. The highest BCUT2D eigenvalue weighted by atomic mass is 35.5. The van der Waals surface area contributed by atoms with Gasteiger partial charge in [-0.1, -0.05) is 28.9 Å². The first-order valence-electron chi connectivity index (χ1n) is 7.16. The lowest BCUT2D eigenvalue weighted by Gasteiger charge is -2.31. The molecule has 22 heavy (non-hydrogen) atoms. The molecule has 2 aromatic rings. The van der Waals surface area contributed by atoms with Gasteiger partial charge in [-0.05, 0) is 25.0 Å². The van der Waals surface area contributed by atoms with Gasteiger partial charge in [0.2, 0.25) is 5.88 Å². The number of likely N-dealkylation sites (tertiary alicyclic amines) is 1. The number of hydrogen-bond acceptors (Lipinski definition) is 4. The number of anilines is 2. The van der Waals surface area contributed by atoms with Crippen LogP contribution in [0.1, 0.15) is 24.5 Å². The summed E-state index contributed by atoms with van der Waals surface area (Å²) in [6.07, 6.45) is 1.67.